The predicted molar refractivity (Wildman–Crippen MR) is 52.3 cm³/mol. The molecule has 1 saturated heterocycles. The Hall–Kier alpha value is -0.495. The first-order chi connectivity index (χ1) is 6.27. The first kappa shape index (κ1) is 10.6. The maximum absolute atomic E-state index is 5.59. The lowest BCUT2D eigenvalue weighted by Crippen LogP contribution is -2.28. The zero-order chi connectivity index (χ0) is 9.68. The summed E-state index contributed by atoms with van der Waals surface area (Å²) in [4.78, 5) is 0. The van der Waals surface area contributed by atoms with Crippen LogP contribution in [-0.4, -0.2) is 46.4 Å². The molecule has 4 heteroatoms. The molecule has 0 aromatic rings. The molecule has 0 aromatic heterocycles. The number of terminal acetylenes is 1. The number of ether oxygens (including phenoxy) is 3. The first-order valence-electron chi connectivity index (χ1n) is 4.47. The van der Waals surface area contributed by atoms with Crippen LogP contribution in [0, 0.1) is 12.3 Å². The molecule has 0 radical (unpaired) electrons. The minimum Gasteiger partial charge on any atom is -0.382 e. The summed E-state index contributed by atoms with van der Waals surface area (Å²) in [5, 5.41) is 0. The van der Waals surface area contributed by atoms with Crippen LogP contribution in [-0.2, 0) is 14.2 Å². The molecule has 0 aromatic carbocycles. The van der Waals surface area contributed by atoms with Crippen molar-refractivity contribution in [3.8, 4) is 12.3 Å². The Bertz CT molecular complexity index is 190. The Morgan fingerprint density at radius 3 is 3.08 bits per heavy atom. The Labute approximate surface area is 80.1 Å². The van der Waals surface area contributed by atoms with Gasteiger partial charge in [-0.2, -0.15) is 0 Å². The Morgan fingerprint density at radius 1 is 1.69 bits per heavy atom. The van der Waals surface area contributed by atoms with E-state index in [1.165, 1.54) is 0 Å². The zero-order valence-corrected chi connectivity index (χ0v) is 8.16. The van der Waals surface area contributed by atoms with Gasteiger partial charge in [-0.15, -0.1) is 6.42 Å². The molecular weight excluding hydrogens is 167 g/mol. The van der Waals surface area contributed by atoms with Gasteiger partial charge in [-0.3, -0.25) is 0 Å². The van der Waals surface area contributed by atoms with Gasteiger partial charge >= 0.3 is 0 Å². The van der Waals surface area contributed by atoms with Crippen molar-refractivity contribution in [1.82, 2.24) is 0 Å². The number of rotatable bonds is 4. The van der Waals surface area contributed by atoms with Crippen LogP contribution in [0.3, 0.4) is 0 Å². The van der Waals surface area contributed by atoms with Gasteiger partial charge in [0.1, 0.15) is 20.6 Å². The summed E-state index contributed by atoms with van der Waals surface area (Å²) < 4.78 is 16.1. The molecule has 13 heavy (non-hydrogen) atoms. The van der Waals surface area contributed by atoms with Gasteiger partial charge in [0.25, 0.3) is 0 Å². The van der Waals surface area contributed by atoms with Crippen LogP contribution >= 0.6 is 0 Å². The van der Waals surface area contributed by atoms with Crippen LogP contribution in [0.4, 0.5) is 0 Å². The standard InChI is InChI=1S/C9H15BO3/c1-3-4-12-7-5-9(10)13-8(7)6-11-2/h1,7-9H,4-6,10H2,2H3/t7?,8-,9-/m1/s1. The van der Waals surface area contributed by atoms with Crippen molar-refractivity contribution < 1.29 is 14.2 Å². The van der Waals surface area contributed by atoms with Crippen molar-refractivity contribution >= 4 is 7.85 Å². The molecule has 3 nitrogen and oxygen atoms in total. The van der Waals surface area contributed by atoms with Crippen LogP contribution in [0.5, 0.6) is 0 Å². The second-order valence-corrected chi connectivity index (χ2v) is 3.23. The summed E-state index contributed by atoms with van der Waals surface area (Å²) in [6, 6.07) is 0.239. The van der Waals surface area contributed by atoms with Crippen molar-refractivity contribution in [3.05, 3.63) is 0 Å². The second-order valence-electron chi connectivity index (χ2n) is 3.23. The number of hydrogen-bond acceptors (Lipinski definition) is 3. The minimum atomic E-state index is 0.0355. The Morgan fingerprint density at radius 2 is 2.46 bits per heavy atom. The third-order valence-corrected chi connectivity index (χ3v) is 2.10. The number of hydrogen-bond donors (Lipinski definition) is 0. The lowest BCUT2D eigenvalue weighted by Gasteiger charge is -2.16. The van der Waals surface area contributed by atoms with Crippen LogP contribution in [0.25, 0.3) is 0 Å². The summed E-state index contributed by atoms with van der Waals surface area (Å²) in [6.45, 7) is 0.917. The first-order valence-corrected chi connectivity index (χ1v) is 4.47. The molecule has 0 bridgehead atoms. The van der Waals surface area contributed by atoms with Crippen LogP contribution in [0.1, 0.15) is 6.42 Å². The lowest BCUT2D eigenvalue weighted by atomic mass is 9.96. The van der Waals surface area contributed by atoms with E-state index < -0.39 is 0 Å². The Balaban J connectivity index is 2.37. The lowest BCUT2D eigenvalue weighted by molar-refractivity contribution is -0.0384. The third kappa shape index (κ3) is 3.04. The average Bonchev–Trinajstić information content (AvgIpc) is 2.44. The summed E-state index contributed by atoms with van der Waals surface area (Å²) >= 11 is 0. The second kappa shape index (κ2) is 5.28. The van der Waals surface area contributed by atoms with E-state index in [1.807, 2.05) is 7.85 Å². The van der Waals surface area contributed by atoms with Crippen molar-refractivity contribution in [2.45, 2.75) is 24.6 Å². The van der Waals surface area contributed by atoms with E-state index >= 15 is 0 Å². The molecule has 0 amide bonds. The topological polar surface area (TPSA) is 27.7 Å². The highest BCUT2D eigenvalue weighted by Gasteiger charge is 2.33. The third-order valence-electron chi connectivity index (χ3n) is 2.10. The fourth-order valence-electron chi connectivity index (χ4n) is 1.56. The van der Waals surface area contributed by atoms with Crippen molar-refractivity contribution in [3.63, 3.8) is 0 Å². The van der Waals surface area contributed by atoms with Crippen molar-refractivity contribution in [1.29, 1.82) is 0 Å². The molecule has 1 fully saturated rings. The molecule has 1 rings (SSSR count). The molecule has 0 aliphatic carbocycles. The molecular formula is C9H15BO3. The van der Waals surface area contributed by atoms with E-state index in [9.17, 15) is 0 Å². The summed E-state index contributed by atoms with van der Waals surface area (Å²) in [5.41, 5.74) is 0. The molecule has 0 saturated carbocycles. The molecule has 3 atom stereocenters. The van der Waals surface area contributed by atoms with Gasteiger partial charge in [0.05, 0.1) is 12.7 Å². The summed E-state index contributed by atoms with van der Waals surface area (Å²) in [7, 11) is 3.69. The highest BCUT2D eigenvalue weighted by atomic mass is 16.6. The van der Waals surface area contributed by atoms with Gasteiger partial charge in [-0.25, -0.2) is 0 Å². The fourth-order valence-corrected chi connectivity index (χ4v) is 1.56. The van der Waals surface area contributed by atoms with Crippen molar-refractivity contribution in [2.24, 2.45) is 0 Å². The van der Waals surface area contributed by atoms with Crippen molar-refractivity contribution in [2.75, 3.05) is 20.3 Å². The van der Waals surface area contributed by atoms with Crippen LogP contribution < -0.4 is 0 Å². The molecule has 0 N–H and O–H groups in total. The van der Waals surface area contributed by atoms with E-state index in [0.29, 0.717) is 13.2 Å². The maximum atomic E-state index is 5.59. The molecule has 1 aliphatic rings. The largest absolute Gasteiger partial charge is 0.382 e. The quantitative estimate of drug-likeness (QED) is 0.429. The molecule has 0 spiro atoms. The number of methoxy groups -OCH3 is 1. The maximum Gasteiger partial charge on any atom is 0.139 e. The normalized spacial score (nSPS) is 33.1. The van der Waals surface area contributed by atoms with E-state index in [1.54, 1.807) is 7.11 Å². The van der Waals surface area contributed by atoms with Gasteiger partial charge in [0.15, 0.2) is 0 Å². The van der Waals surface area contributed by atoms with Gasteiger partial charge < -0.3 is 14.2 Å². The monoisotopic (exact) mass is 182 g/mol. The predicted octanol–water partition coefficient (Wildman–Crippen LogP) is -0.601. The fraction of sp³-hybridized carbons (Fsp3) is 0.778. The summed E-state index contributed by atoms with van der Waals surface area (Å²) in [6.07, 6.45) is 6.14. The van der Waals surface area contributed by atoms with Gasteiger partial charge in [-0.05, 0) is 6.42 Å². The van der Waals surface area contributed by atoms with E-state index in [2.05, 4.69) is 5.92 Å². The minimum absolute atomic E-state index is 0.0355. The summed E-state index contributed by atoms with van der Waals surface area (Å²) in [5.74, 6) is 2.45. The molecule has 1 heterocycles. The molecule has 72 valence electrons. The van der Waals surface area contributed by atoms with Crippen LogP contribution in [0.15, 0.2) is 0 Å². The van der Waals surface area contributed by atoms with Crippen LogP contribution in [0.2, 0.25) is 0 Å². The Kier molecular flexibility index (Phi) is 4.30. The molecule has 1 unspecified atom stereocenters. The molecule has 1 aliphatic heterocycles. The van der Waals surface area contributed by atoms with E-state index in [0.717, 1.165) is 6.42 Å². The van der Waals surface area contributed by atoms with E-state index in [-0.39, 0.29) is 18.2 Å². The van der Waals surface area contributed by atoms with E-state index in [4.69, 9.17) is 20.6 Å². The smallest absolute Gasteiger partial charge is 0.139 e. The highest BCUT2D eigenvalue weighted by Crippen LogP contribution is 2.21. The highest BCUT2D eigenvalue weighted by molar-refractivity contribution is 6.11. The zero-order valence-electron chi connectivity index (χ0n) is 8.16. The van der Waals surface area contributed by atoms with Gasteiger partial charge in [0, 0.05) is 13.1 Å². The van der Waals surface area contributed by atoms with Gasteiger partial charge in [0.2, 0.25) is 0 Å². The average molecular weight is 182 g/mol. The van der Waals surface area contributed by atoms with Gasteiger partial charge in [-0.1, -0.05) is 5.92 Å². The SMILES string of the molecule is B[C@H]1CC(OCC#C)[C@@H](COC)O1.